The number of rotatable bonds is 5. The largest absolute Gasteiger partial charge is 0.378 e. The predicted molar refractivity (Wildman–Crippen MR) is 123 cm³/mol. The molecule has 31 heavy (non-hydrogen) atoms. The third kappa shape index (κ3) is 4.50. The number of halogens is 1. The summed E-state index contributed by atoms with van der Waals surface area (Å²) >= 11 is 7.78. The number of hydrogen-bond donors (Lipinski definition) is 2. The van der Waals surface area contributed by atoms with Crippen LogP contribution in [0.4, 0.5) is 17.5 Å². The summed E-state index contributed by atoms with van der Waals surface area (Å²) in [6.45, 7) is 5.33. The molecule has 1 aliphatic rings. The molecule has 3 heterocycles. The summed E-state index contributed by atoms with van der Waals surface area (Å²) < 4.78 is 5.89. The zero-order valence-electron chi connectivity index (χ0n) is 17.1. The Balaban J connectivity index is 1.72. The number of aliphatic hydroxyl groups excluding tert-OH is 1. The van der Waals surface area contributed by atoms with Crippen LogP contribution in [0.3, 0.4) is 0 Å². The Morgan fingerprint density at radius 3 is 3.00 bits per heavy atom. The Labute approximate surface area is 189 Å². The van der Waals surface area contributed by atoms with Gasteiger partial charge in [0.05, 0.1) is 12.3 Å². The summed E-state index contributed by atoms with van der Waals surface area (Å²) in [5.74, 6) is 6.75. The third-order valence-corrected chi connectivity index (χ3v) is 6.23. The van der Waals surface area contributed by atoms with Crippen LogP contribution in [0.5, 0.6) is 0 Å². The van der Waals surface area contributed by atoms with Crippen LogP contribution in [-0.4, -0.2) is 39.3 Å². The smallest absolute Gasteiger partial charge is 0.222 e. The van der Waals surface area contributed by atoms with Crippen molar-refractivity contribution in [3.05, 3.63) is 57.1 Å². The minimum Gasteiger partial charge on any atom is -0.378 e. The van der Waals surface area contributed by atoms with Crippen molar-refractivity contribution in [2.75, 3.05) is 23.8 Å². The molecule has 1 aliphatic heterocycles. The molecular formula is C22H22ClN5O2S. The van der Waals surface area contributed by atoms with Crippen molar-refractivity contribution in [2.45, 2.75) is 32.0 Å². The van der Waals surface area contributed by atoms with E-state index in [2.05, 4.69) is 33.7 Å². The molecular weight excluding hydrogens is 434 g/mol. The highest BCUT2D eigenvalue weighted by Crippen LogP contribution is 2.44. The Bertz CT molecular complexity index is 1130. The fourth-order valence-electron chi connectivity index (χ4n) is 3.69. The van der Waals surface area contributed by atoms with Crippen LogP contribution >= 0.6 is 22.9 Å². The first-order valence-electron chi connectivity index (χ1n) is 9.88. The van der Waals surface area contributed by atoms with Gasteiger partial charge in [-0.2, -0.15) is 4.98 Å². The topological polar surface area (TPSA) is 97.4 Å². The van der Waals surface area contributed by atoms with E-state index in [1.54, 1.807) is 6.20 Å². The maximum Gasteiger partial charge on any atom is 0.222 e. The molecule has 3 aromatic rings. The van der Waals surface area contributed by atoms with Crippen molar-refractivity contribution in [1.82, 2.24) is 15.0 Å². The van der Waals surface area contributed by atoms with E-state index in [1.807, 2.05) is 35.4 Å². The second-order valence-corrected chi connectivity index (χ2v) is 8.43. The summed E-state index contributed by atoms with van der Waals surface area (Å²) in [4.78, 5) is 14.5. The van der Waals surface area contributed by atoms with Crippen LogP contribution in [0, 0.1) is 11.8 Å². The minimum atomic E-state index is -0.925. The molecule has 0 fully saturated rings. The van der Waals surface area contributed by atoms with Gasteiger partial charge in [0.25, 0.3) is 0 Å². The second-order valence-electron chi connectivity index (χ2n) is 7.09. The normalized spacial score (nSPS) is 17.0. The molecule has 0 aliphatic carbocycles. The molecule has 0 bridgehead atoms. The first-order chi connectivity index (χ1) is 15.0. The van der Waals surface area contributed by atoms with Gasteiger partial charge in [0.15, 0.2) is 11.9 Å². The average Bonchev–Trinajstić information content (AvgIpc) is 3.42. The summed E-state index contributed by atoms with van der Waals surface area (Å²) in [5.41, 5.74) is 8.66. The first-order valence-corrected chi connectivity index (χ1v) is 11.1. The highest BCUT2D eigenvalue weighted by molar-refractivity contribution is 7.09. The SMILES string of the molecule is CCO[C@@H](C)C1CN(c2nc(N)ncc2Cl)c2cc(C#CC(O)c3nccs3)ccc21. The van der Waals surface area contributed by atoms with Crippen LogP contribution in [0.1, 0.15) is 42.0 Å². The van der Waals surface area contributed by atoms with Gasteiger partial charge in [-0.1, -0.05) is 29.5 Å². The van der Waals surface area contributed by atoms with E-state index in [1.165, 1.54) is 17.5 Å². The number of ether oxygens (including phenoxy) is 1. The van der Waals surface area contributed by atoms with E-state index in [0.717, 1.165) is 16.8 Å². The number of aromatic nitrogens is 3. The maximum atomic E-state index is 10.2. The number of thiazole rings is 1. The van der Waals surface area contributed by atoms with Crippen molar-refractivity contribution in [1.29, 1.82) is 0 Å². The number of nitrogens with zero attached hydrogens (tertiary/aromatic N) is 4. The fraction of sp³-hybridized carbons (Fsp3) is 0.318. The quantitative estimate of drug-likeness (QED) is 0.563. The number of fused-ring (bicyclic) bond motifs is 1. The molecule has 0 amide bonds. The zero-order chi connectivity index (χ0) is 22.0. The molecule has 160 valence electrons. The monoisotopic (exact) mass is 455 g/mol. The Morgan fingerprint density at radius 1 is 1.42 bits per heavy atom. The lowest BCUT2D eigenvalue weighted by Gasteiger charge is -2.22. The van der Waals surface area contributed by atoms with E-state index in [9.17, 15) is 5.11 Å². The number of hydrogen-bond acceptors (Lipinski definition) is 8. The van der Waals surface area contributed by atoms with Gasteiger partial charge in [0.1, 0.15) is 10.0 Å². The number of nitrogens with two attached hydrogens (primary N) is 1. The number of anilines is 3. The van der Waals surface area contributed by atoms with Crippen molar-refractivity contribution < 1.29 is 9.84 Å². The van der Waals surface area contributed by atoms with Crippen LogP contribution in [0.25, 0.3) is 0 Å². The minimum absolute atomic E-state index is 0.00960. The number of nitrogen functional groups attached to an aromatic ring is 1. The van der Waals surface area contributed by atoms with E-state index < -0.39 is 6.10 Å². The lowest BCUT2D eigenvalue weighted by molar-refractivity contribution is 0.0598. The van der Waals surface area contributed by atoms with Gasteiger partial charge in [-0.25, -0.2) is 9.97 Å². The average molecular weight is 456 g/mol. The Kier molecular flexibility index (Phi) is 6.39. The van der Waals surface area contributed by atoms with Gasteiger partial charge in [0, 0.05) is 41.9 Å². The Morgan fingerprint density at radius 2 is 2.26 bits per heavy atom. The van der Waals surface area contributed by atoms with E-state index >= 15 is 0 Å². The molecule has 0 radical (unpaired) electrons. The van der Waals surface area contributed by atoms with Gasteiger partial charge in [0.2, 0.25) is 5.95 Å². The van der Waals surface area contributed by atoms with Gasteiger partial charge in [-0.3, -0.25) is 0 Å². The van der Waals surface area contributed by atoms with Crippen LogP contribution in [0.15, 0.2) is 36.0 Å². The predicted octanol–water partition coefficient (Wildman–Crippen LogP) is 3.91. The second kappa shape index (κ2) is 9.20. The molecule has 2 aromatic heterocycles. The molecule has 0 spiro atoms. The van der Waals surface area contributed by atoms with Gasteiger partial charge >= 0.3 is 0 Å². The van der Waals surface area contributed by atoms with E-state index in [-0.39, 0.29) is 18.0 Å². The summed E-state index contributed by atoms with van der Waals surface area (Å²) in [6, 6.07) is 5.98. The zero-order valence-corrected chi connectivity index (χ0v) is 18.7. The highest BCUT2D eigenvalue weighted by atomic mass is 35.5. The van der Waals surface area contributed by atoms with Gasteiger partial charge < -0.3 is 20.5 Å². The lowest BCUT2D eigenvalue weighted by atomic mass is 9.95. The van der Waals surface area contributed by atoms with Crippen LogP contribution < -0.4 is 10.6 Å². The third-order valence-electron chi connectivity index (χ3n) is 5.13. The lowest BCUT2D eigenvalue weighted by Crippen LogP contribution is -2.25. The van der Waals surface area contributed by atoms with Crippen molar-refractivity contribution in [3.63, 3.8) is 0 Å². The van der Waals surface area contributed by atoms with Crippen LogP contribution in [-0.2, 0) is 4.74 Å². The van der Waals surface area contributed by atoms with Crippen molar-refractivity contribution in [2.24, 2.45) is 0 Å². The van der Waals surface area contributed by atoms with Gasteiger partial charge in [-0.15, -0.1) is 11.3 Å². The summed E-state index contributed by atoms with van der Waals surface area (Å²) in [5, 5.41) is 13.0. The van der Waals surface area contributed by atoms with Gasteiger partial charge in [-0.05, 0) is 31.5 Å². The molecule has 9 heteroatoms. The fourth-order valence-corrected chi connectivity index (χ4v) is 4.45. The van der Waals surface area contributed by atoms with Crippen LogP contribution in [0.2, 0.25) is 5.02 Å². The molecule has 0 saturated carbocycles. The molecule has 3 N–H and O–H groups in total. The number of benzene rings is 1. The molecule has 2 unspecified atom stereocenters. The molecule has 3 atom stereocenters. The summed E-state index contributed by atoms with van der Waals surface area (Å²) in [6.07, 6.45) is 2.24. The highest BCUT2D eigenvalue weighted by Gasteiger charge is 2.35. The maximum absolute atomic E-state index is 10.2. The summed E-state index contributed by atoms with van der Waals surface area (Å²) in [7, 11) is 0. The molecule has 0 saturated heterocycles. The van der Waals surface area contributed by atoms with E-state index in [0.29, 0.717) is 29.0 Å². The standard InChI is InChI=1S/C22H22ClN5O2S/c1-3-30-13(2)16-12-28(20-17(23)11-26-22(24)27-20)18-10-14(4-6-15(16)18)5-7-19(29)21-25-8-9-31-21/h4,6,8-11,13,16,19,29H,3,12H2,1-2H3,(H2,24,26,27)/t13-,16?,19?/m0/s1. The Hall–Kier alpha value is -2.70. The number of aliphatic hydroxyl groups is 1. The van der Waals surface area contributed by atoms with E-state index in [4.69, 9.17) is 22.1 Å². The van der Waals surface area contributed by atoms with Crippen molar-refractivity contribution in [3.8, 4) is 11.8 Å². The first kappa shape index (κ1) is 21.5. The molecule has 7 nitrogen and oxygen atoms in total. The molecule has 4 rings (SSSR count). The van der Waals surface area contributed by atoms with Crippen molar-refractivity contribution >= 4 is 40.4 Å². The molecule has 1 aromatic carbocycles.